The van der Waals surface area contributed by atoms with Crippen LogP contribution in [0, 0.1) is 13.8 Å². The van der Waals surface area contributed by atoms with E-state index in [1.165, 1.54) is 6.42 Å². The average Bonchev–Trinajstić information content (AvgIpc) is 2.91. The van der Waals surface area contributed by atoms with Crippen LogP contribution in [-0.4, -0.2) is 28.3 Å². The molecule has 2 aromatic rings. The van der Waals surface area contributed by atoms with E-state index in [1.54, 1.807) is 22.7 Å². The lowest BCUT2D eigenvalue weighted by molar-refractivity contribution is 0.668. The van der Waals surface area contributed by atoms with E-state index in [-0.39, 0.29) is 0 Å². The second kappa shape index (κ2) is 6.36. The second-order valence-corrected chi connectivity index (χ2v) is 6.41. The third-order valence-corrected chi connectivity index (χ3v) is 4.72. The minimum absolute atomic E-state index is 0.953. The van der Waals surface area contributed by atoms with Gasteiger partial charge in [-0.15, -0.1) is 21.5 Å². The summed E-state index contributed by atoms with van der Waals surface area (Å²) in [4.78, 5) is 5.59. The lowest BCUT2D eigenvalue weighted by Crippen LogP contribution is -2.17. The Kier molecular flexibility index (Phi) is 4.79. The molecule has 0 spiro atoms. The van der Waals surface area contributed by atoms with E-state index in [4.69, 9.17) is 0 Å². The molecule has 0 amide bonds. The maximum atomic E-state index is 4.43. The maximum Gasteiger partial charge on any atom is 0.159 e. The van der Waals surface area contributed by atoms with Gasteiger partial charge in [0.15, 0.2) is 5.01 Å². The van der Waals surface area contributed by atoms with Crippen LogP contribution in [0.5, 0.6) is 0 Å². The minimum Gasteiger partial charge on any atom is -0.316 e. The lowest BCUT2D eigenvalue weighted by Gasteiger charge is -1.98. The van der Waals surface area contributed by atoms with Crippen molar-refractivity contribution in [1.82, 2.24) is 20.5 Å². The molecule has 2 rings (SSSR count). The molecule has 2 heterocycles. The van der Waals surface area contributed by atoms with Gasteiger partial charge in [-0.1, -0.05) is 18.3 Å². The number of rotatable bonds is 6. The van der Waals surface area contributed by atoms with Crippen LogP contribution < -0.4 is 5.32 Å². The van der Waals surface area contributed by atoms with Crippen LogP contribution >= 0.6 is 22.7 Å². The summed E-state index contributed by atoms with van der Waals surface area (Å²) in [5.74, 6) is 0. The molecule has 0 aliphatic heterocycles. The Labute approximate surface area is 116 Å². The Hall–Kier alpha value is -0.850. The van der Waals surface area contributed by atoms with Gasteiger partial charge >= 0.3 is 0 Å². The summed E-state index contributed by atoms with van der Waals surface area (Å²) in [7, 11) is 0. The highest BCUT2D eigenvalue weighted by atomic mass is 32.1. The number of hydrogen-bond acceptors (Lipinski definition) is 6. The summed E-state index contributed by atoms with van der Waals surface area (Å²) < 4.78 is 0. The Morgan fingerprint density at radius 3 is 2.61 bits per heavy atom. The fourth-order valence-corrected chi connectivity index (χ4v) is 3.55. The highest BCUT2D eigenvalue weighted by molar-refractivity contribution is 7.21. The highest BCUT2D eigenvalue weighted by Gasteiger charge is 2.12. The topological polar surface area (TPSA) is 50.7 Å². The van der Waals surface area contributed by atoms with Crippen molar-refractivity contribution in [3.05, 3.63) is 15.7 Å². The Bertz CT molecular complexity index is 504. The van der Waals surface area contributed by atoms with Crippen LogP contribution in [0.3, 0.4) is 0 Å². The highest BCUT2D eigenvalue weighted by Crippen LogP contribution is 2.31. The number of aromatic nitrogens is 3. The van der Waals surface area contributed by atoms with Crippen molar-refractivity contribution in [2.75, 3.05) is 13.1 Å². The molecule has 0 radical (unpaired) electrons. The third-order valence-electron chi connectivity index (χ3n) is 2.51. The molecule has 0 aliphatic carbocycles. The normalized spacial score (nSPS) is 11.1. The predicted molar refractivity (Wildman–Crippen MR) is 77.4 cm³/mol. The van der Waals surface area contributed by atoms with Crippen molar-refractivity contribution in [3.63, 3.8) is 0 Å². The molecule has 0 bridgehead atoms. The minimum atomic E-state index is 0.953. The largest absolute Gasteiger partial charge is 0.316 e. The van der Waals surface area contributed by atoms with E-state index in [2.05, 4.69) is 27.4 Å². The van der Waals surface area contributed by atoms with E-state index < -0.39 is 0 Å². The number of thiazole rings is 1. The third kappa shape index (κ3) is 3.34. The van der Waals surface area contributed by atoms with Gasteiger partial charge in [-0.3, -0.25) is 0 Å². The maximum absolute atomic E-state index is 4.43. The van der Waals surface area contributed by atoms with Gasteiger partial charge in [-0.2, -0.15) is 0 Å². The SMILES string of the molecule is CCCNCCc1nnc(-c2sc(C)nc2C)s1. The van der Waals surface area contributed by atoms with Crippen molar-refractivity contribution in [1.29, 1.82) is 0 Å². The van der Waals surface area contributed by atoms with E-state index in [1.807, 2.05) is 13.8 Å². The zero-order valence-electron chi connectivity index (χ0n) is 11.0. The predicted octanol–water partition coefficient (Wildman–Crippen LogP) is 2.82. The first-order chi connectivity index (χ1) is 8.70. The molecule has 0 fully saturated rings. The van der Waals surface area contributed by atoms with Crippen molar-refractivity contribution in [3.8, 4) is 9.88 Å². The van der Waals surface area contributed by atoms with Gasteiger partial charge in [0, 0.05) is 13.0 Å². The Morgan fingerprint density at radius 1 is 1.11 bits per heavy atom. The van der Waals surface area contributed by atoms with Crippen LogP contribution in [0.4, 0.5) is 0 Å². The molecule has 0 aromatic carbocycles. The van der Waals surface area contributed by atoms with Crippen molar-refractivity contribution in [2.24, 2.45) is 0 Å². The van der Waals surface area contributed by atoms with Gasteiger partial charge in [-0.05, 0) is 26.8 Å². The molecule has 0 unspecified atom stereocenters. The molecule has 4 nitrogen and oxygen atoms in total. The van der Waals surface area contributed by atoms with E-state index in [9.17, 15) is 0 Å². The number of nitrogens with zero attached hydrogens (tertiary/aromatic N) is 3. The summed E-state index contributed by atoms with van der Waals surface area (Å²) >= 11 is 3.37. The molecule has 6 heteroatoms. The number of nitrogens with one attached hydrogen (secondary N) is 1. The van der Waals surface area contributed by atoms with Gasteiger partial charge < -0.3 is 5.32 Å². The summed E-state index contributed by atoms with van der Waals surface area (Å²) in [6.07, 6.45) is 2.12. The Balaban J connectivity index is 1.99. The van der Waals surface area contributed by atoms with Crippen LogP contribution in [0.1, 0.15) is 29.1 Å². The summed E-state index contributed by atoms with van der Waals surface area (Å²) in [5.41, 5.74) is 1.06. The van der Waals surface area contributed by atoms with Gasteiger partial charge in [0.05, 0.1) is 15.6 Å². The fourth-order valence-electron chi connectivity index (χ4n) is 1.67. The summed E-state index contributed by atoms with van der Waals surface area (Å²) in [6, 6.07) is 0. The van der Waals surface area contributed by atoms with Crippen molar-refractivity contribution >= 4 is 22.7 Å². The van der Waals surface area contributed by atoms with Crippen LogP contribution in [0.2, 0.25) is 0 Å². The Morgan fingerprint density at radius 2 is 1.94 bits per heavy atom. The van der Waals surface area contributed by atoms with Crippen molar-refractivity contribution in [2.45, 2.75) is 33.6 Å². The first kappa shape index (κ1) is 13.6. The van der Waals surface area contributed by atoms with E-state index in [0.29, 0.717) is 0 Å². The standard InChI is InChI=1S/C12H18N4S2/c1-4-6-13-7-5-10-15-16-12(18-10)11-8(2)14-9(3)17-11/h13H,4-7H2,1-3H3. The number of aryl methyl sites for hydroxylation is 2. The lowest BCUT2D eigenvalue weighted by atomic mass is 10.4. The van der Waals surface area contributed by atoms with Crippen LogP contribution in [0.25, 0.3) is 9.88 Å². The first-order valence-corrected chi connectivity index (χ1v) is 7.81. The van der Waals surface area contributed by atoms with Crippen LogP contribution in [0.15, 0.2) is 0 Å². The summed E-state index contributed by atoms with van der Waals surface area (Å²) in [5, 5.41) is 15.1. The van der Waals surface area contributed by atoms with Gasteiger partial charge in [0.25, 0.3) is 0 Å². The van der Waals surface area contributed by atoms with Crippen LogP contribution in [-0.2, 0) is 6.42 Å². The summed E-state index contributed by atoms with van der Waals surface area (Å²) in [6.45, 7) is 8.27. The molecule has 0 aliphatic rings. The fraction of sp³-hybridized carbons (Fsp3) is 0.583. The molecule has 18 heavy (non-hydrogen) atoms. The van der Waals surface area contributed by atoms with E-state index in [0.717, 1.165) is 45.1 Å². The quantitative estimate of drug-likeness (QED) is 0.828. The van der Waals surface area contributed by atoms with Gasteiger partial charge in [0.2, 0.25) is 0 Å². The molecule has 0 saturated carbocycles. The molecular formula is C12H18N4S2. The molecule has 98 valence electrons. The average molecular weight is 282 g/mol. The van der Waals surface area contributed by atoms with E-state index >= 15 is 0 Å². The number of hydrogen-bond donors (Lipinski definition) is 1. The molecule has 2 aromatic heterocycles. The molecule has 0 saturated heterocycles. The second-order valence-electron chi connectivity index (χ2n) is 4.15. The van der Waals surface area contributed by atoms with Gasteiger partial charge in [0.1, 0.15) is 5.01 Å². The van der Waals surface area contributed by atoms with Crippen molar-refractivity contribution < 1.29 is 0 Å². The smallest absolute Gasteiger partial charge is 0.159 e. The monoisotopic (exact) mass is 282 g/mol. The first-order valence-electron chi connectivity index (χ1n) is 6.18. The molecular weight excluding hydrogens is 264 g/mol. The molecule has 0 atom stereocenters. The zero-order chi connectivity index (χ0) is 13.0. The van der Waals surface area contributed by atoms with Gasteiger partial charge in [-0.25, -0.2) is 4.98 Å². The molecule has 1 N–H and O–H groups in total. The zero-order valence-corrected chi connectivity index (χ0v) is 12.6.